The van der Waals surface area contributed by atoms with Gasteiger partial charge in [-0.1, -0.05) is 91.0 Å². The van der Waals surface area contributed by atoms with Crippen molar-refractivity contribution in [2.45, 2.75) is 0 Å². The van der Waals surface area contributed by atoms with E-state index in [0.29, 0.717) is 5.75 Å². The molecule has 0 saturated carbocycles. The molecule has 6 heteroatoms. The van der Waals surface area contributed by atoms with E-state index in [1.807, 2.05) is 24.3 Å². The molecular formula is C46H32N4O2. The van der Waals surface area contributed by atoms with E-state index in [0.717, 1.165) is 106 Å². The van der Waals surface area contributed by atoms with E-state index in [-0.39, 0.29) is 0 Å². The molecule has 3 aromatic heterocycles. The predicted molar refractivity (Wildman–Crippen MR) is 212 cm³/mol. The minimum Gasteiger partial charge on any atom is -0.497 e. The van der Waals surface area contributed by atoms with Crippen molar-refractivity contribution in [3.05, 3.63) is 156 Å². The molecule has 0 unspecified atom stereocenters. The van der Waals surface area contributed by atoms with E-state index in [1.54, 1.807) is 14.2 Å². The number of fused-ring (bicyclic) bond motifs is 11. The summed E-state index contributed by atoms with van der Waals surface area (Å²) in [6.07, 6.45) is 4.26. The van der Waals surface area contributed by atoms with Gasteiger partial charge in [-0.15, -0.1) is 0 Å². The minimum absolute atomic E-state index is 0.715. The topological polar surface area (TPSA) is 75.3 Å². The average Bonchev–Trinajstić information content (AvgIpc) is 4.04. The number of nitrogens with one attached hydrogen (secondary N) is 2. The van der Waals surface area contributed by atoms with Gasteiger partial charge in [-0.2, -0.15) is 0 Å². The highest BCUT2D eigenvalue weighted by Crippen LogP contribution is 2.50. The molecule has 0 amide bonds. The zero-order chi connectivity index (χ0) is 34.8. The summed E-state index contributed by atoms with van der Waals surface area (Å²) in [5.41, 5.74) is 17.7. The molecule has 10 rings (SSSR count). The largest absolute Gasteiger partial charge is 0.497 e. The van der Waals surface area contributed by atoms with Gasteiger partial charge in [0.25, 0.3) is 0 Å². The molecule has 248 valence electrons. The summed E-state index contributed by atoms with van der Waals surface area (Å²) >= 11 is 0. The number of aromatic nitrogens is 3. The molecule has 2 N–H and O–H groups in total. The Hall–Kier alpha value is -6.92. The van der Waals surface area contributed by atoms with E-state index >= 15 is 0 Å². The van der Waals surface area contributed by atoms with Crippen molar-refractivity contribution in [2.75, 3.05) is 14.2 Å². The van der Waals surface area contributed by atoms with Crippen LogP contribution in [0.4, 0.5) is 5.69 Å². The first-order valence-electron chi connectivity index (χ1n) is 17.3. The second-order valence-corrected chi connectivity index (χ2v) is 13.0. The van der Waals surface area contributed by atoms with Crippen LogP contribution in [-0.4, -0.2) is 34.9 Å². The minimum atomic E-state index is 0.715. The number of ether oxygens (including phenoxy) is 2. The number of aliphatic imine (C=N–C) groups is 1. The van der Waals surface area contributed by atoms with E-state index in [4.69, 9.17) is 19.5 Å². The van der Waals surface area contributed by atoms with Crippen molar-refractivity contribution in [2.24, 2.45) is 4.99 Å². The lowest BCUT2D eigenvalue weighted by molar-refractivity contribution is 0.394. The van der Waals surface area contributed by atoms with Crippen LogP contribution in [0.1, 0.15) is 22.5 Å². The third-order valence-electron chi connectivity index (χ3n) is 10.1. The van der Waals surface area contributed by atoms with Crippen LogP contribution in [0.5, 0.6) is 11.5 Å². The molecule has 0 saturated heterocycles. The van der Waals surface area contributed by atoms with E-state index < -0.39 is 0 Å². The first-order chi connectivity index (χ1) is 25.7. The highest BCUT2D eigenvalue weighted by molar-refractivity contribution is 6.30. The molecule has 2 aliphatic heterocycles. The summed E-state index contributed by atoms with van der Waals surface area (Å²) in [7, 11) is 3.39. The summed E-state index contributed by atoms with van der Waals surface area (Å²) in [4.78, 5) is 18.5. The molecule has 0 atom stereocenters. The van der Waals surface area contributed by atoms with Crippen LogP contribution in [0.15, 0.2) is 138 Å². The molecule has 3 aliphatic rings. The summed E-state index contributed by atoms with van der Waals surface area (Å²) in [5.74, 6) is 1.44. The Morgan fingerprint density at radius 1 is 0.462 bits per heavy atom. The number of methoxy groups -OCH3 is 2. The molecule has 6 nitrogen and oxygen atoms in total. The second kappa shape index (κ2) is 11.9. The van der Waals surface area contributed by atoms with Crippen LogP contribution < -0.4 is 9.47 Å². The van der Waals surface area contributed by atoms with Gasteiger partial charge >= 0.3 is 0 Å². The quantitative estimate of drug-likeness (QED) is 0.191. The second-order valence-electron chi connectivity index (χ2n) is 13.0. The van der Waals surface area contributed by atoms with Crippen LogP contribution in [0.25, 0.3) is 78.7 Å². The Kier molecular flexibility index (Phi) is 6.83. The number of H-pyrrole nitrogens is 2. The van der Waals surface area contributed by atoms with Gasteiger partial charge in [0.2, 0.25) is 0 Å². The predicted octanol–water partition coefficient (Wildman–Crippen LogP) is 11.3. The van der Waals surface area contributed by atoms with Crippen molar-refractivity contribution in [1.29, 1.82) is 0 Å². The number of aromatic amines is 2. The summed E-state index contributed by atoms with van der Waals surface area (Å²) in [6, 6.07) is 46.3. The fourth-order valence-electron chi connectivity index (χ4n) is 7.83. The van der Waals surface area contributed by atoms with Gasteiger partial charge in [-0.05, 0) is 65.2 Å². The highest BCUT2D eigenvalue weighted by Gasteiger charge is 2.33. The van der Waals surface area contributed by atoms with Crippen LogP contribution in [0.2, 0.25) is 0 Å². The fraction of sp³-hybridized carbons (Fsp3) is 0.0435. The van der Waals surface area contributed by atoms with E-state index in [9.17, 15) is 0 Å². The first-order valence-corrected chi connectivity index (χ1v) is 17.3. The Morgan fingerprint density at radius 2 is 0.962 bits per heavy atom. The Morgan fingerprint density at radius 3 is 1.48 bits per heavy atom. The summed E-state index contributed by atoms with van der Waals surface area (Å²) in [6.45, 7) is 0. The molecule has 5 heterocycles. The molecule has 0 fully saturated rings. The SMILES string of the molecule is COc1cc(OC)c2c(c1)-c1c3cc(c(-c4ccccc4)c4ccc([nH]4)c(-c4ccccc4)c4nc(c(-c5ccccc5)c5ccc1[nH]5)C=C4)N=C32. The van der Waals surface area contributed by atoms with Crippen LogP contribution in [0.3, 0.4) is 0 Å². The Bertz CT molecular complexity index is 2790. The van der Waals surface area contributed by atoms with Gasteiger partial charge in [0.15, 0.2) is 0 Å². The normalized spacial score (nSPS) is 12.5. The standard InChI is InChI=1S/C46H32N4O2/c1-51-30-24-31-44-32-26-39(50-46(32)45(31)40(25-30)52-2)43(29-16-10-5-11-17-29)37-21-20-35(48-37)41(27-12-6-3-7-13-27)33-18-19-34(47-33)42(28-14-8-4-9-15-28)36-22-23-38(44)49-36/h3-26,48-49H,1-2H3. The molecule has 8 bridgehead atoms. The maximum Gasteiger partial charge on any atom is 0.132 e. The molecule has 0 spiro atoms. The van der Waals surface area contributed by atoms with Crippen LogP contribution in [0, 0.1) is 0 Å². The number of hydrogen-bond acceptors (Lipinski definition) is 4. The monoisotopic (exact) mass is 672 g/mol. The van der Waals surface area contributed by atoms with Gasteiger partial charge in [-0.3, -0.25) is 0 Å². The maximum atomic E-state index is 6.02. The molecular weight excluding hydrogens is 641 g/mol. The van der Waals surface area contributed by atoms with Gasteiger partial charge in [0.05, 0.1) is 42.6 Å². The number of rotatable bonds is 5. The number of benzene rings is 4. The lowest BCUT2D eigenvalue weighted by atomic mass is 10.0. The highest BCUT2D eigenvalue weighted by atomic mass is 16.5. The summed E-state index contributed by atoms with van der Waals surface area (Å²) in [5, 5.41) is 0. The smallest absolute Gasteiger partial charge is 0.132 e. The van der Waals surface area contributed by atoms with E-state index in [1.165, 1.54) is 0 Å². The van der Waals surface area contributed by atoms with Crippen molar-refractivity contribution >= 4 is 45.6 Å². The number of hydrogen-bond donors (Lipinski definition) is 2. The first kappa shape index (κ1) is 29.9. The fourth-order valence-corrected chi connectivity index (χ4v) is 7.83. The van der Waals surface area contributed by atoms with Crippen molar-refractivity contribution in [3.8, 4) is 56.0 Å². The van der Waals surface area contributed by atoms with Crippen molar-refractivity contribution in [3.63, 3.8) is 0 Å². The zero-order valence-corrected chi connectivity index (χ0v) is 28.6. The molecule has 52 heavy (non-hydrogen) atoms. The van der Waals surface area contributed by atoms with Crippen LogP contribution in [-0.2, 0) is 0 Å². The number of nitrogens with zero attached hydrogens (tertiary/aromatic N) is 2. The van der Waals surface area contributed by atoms with Crippen molar-refractivity contribution in [1.82, 2.24) is 15.0 Å². The molecule has 7 aromatic rings. The summed E-state index contributed by atoms with van der Waals surface area (Å²) < 4.78 is 11.8. The lowest BCUT2D eigenvalue weighted by Gasteiger charge is -2.11. The third-order valence-corrected chi connectivity index (χ3v) is 10.1. The maximum absolute atomic E-state index is 6.02. The molecule has 1 aliphatic carbocycles. The zero-order valence-electron chi connectivity index (χ0n) is 28.6. The van der Waals surface area contributed by atoms with Gasteiger partial charge in [0, 0.05) is 61.5 Å². The van der Waals surface area contributed by atoms with Gasteiger partial charge in [-0.25, -0.2) is 9.98 Å². The molecule has 0 radical (unpaired) electrons. The van der Waals surface area contributed by atoms with Crippen molar-refractivity contribution < 1.29 is 9.47 Å². The Balaban J connectivity index is 1.42. The Labute approximate surface area is 300 Å². The van der Waals surface area contributed by atoms with Gasteiger partial charge < -0.3 is 19.4 Å². The third kappa shape index (κ3) is 4.65. The van der Waals surface area contributed by atoms with Gasteiger partial charge in [0.1, 0.15) is 11.5 Å². The lowest BCUT2D eigenvalue weighted by Crippen LogP contribution is -1.99. The average molecular weight is 673 g/mol. The van der Waals surface area contributed by atoms with E-state index in [2.05, 4.69) is 131 Å². The van der Waals surface area contributed by atoms with Crippen LogP contribution >= 0.6 is 0 Å². The molecule has 4 aromatic carbocycles.